The first-order chi connectivity index (χ1) is 4.29. The summed E-state index contributed by atoms with van der Waals surface area (Å²) < 4.78 is 0. The molecule has 0 amide bonds. The number of rotatable bonds is 0. The zero-order valence-electron chi connectivity index (χ0n) is 5.00. The molecule has 0 bridgehead atoms. The van der Waals surface area contributed by atoms with Gasteiger partial charge in [0.1, 0.15) is 0 Å². The van der Waals surface area contributed by atoms with Crippen LogP contribution < -0.4 is 0 Å². The maximum atomic E-state index is 10.6. The molecule has 1 aliphatic rings. The Kier molecular flexibility index (Phi) is 1.68. The highest BCUT2D eigenvalue weighted by molar-refractivity contribution is 5.91. The van der Waals surface area contributed by atoms with Crippen LogP contribution in [0, 0.1) is 0 Å². The van der Waals surface area contributed by atoms with E-state index >= 15 is 0 Å². The molecular weight excluding hydrogens is 116 g/mol. The molecule has 0 fully saturated rings. The molecule has 0 unspecified atom stereocenters. The van der Waals surface area contributed by atoms with Gasteiger partial charge < -0.3 is 5.11 Å². The van der Waals surface area contributed by atoms with Crippen molar-refractivity contribution in [2.45, 2.75) is 12.8 Å². The zero-order valence-corrected chi connectivity index (χ0v) is 5.00. The molecule has 0 spiro atoms. The van der Waals surface area contributed by atoms with Crippen LogP contribution in [-0.4, -0.2) is 10.9 Å². The topological polar surface area (TPSA) is 37.3 Å². The molecule has 0 aromatic rings. The van der Waals surface area contributed by atoms with Crippen LogP contribution in [0.3, 0.4) is 0 Å². The van der Waals surface area contributed by atoms with Gasteiger partial charge in [-0.3, -0.25) is 4.79 Å². The highest BCUT2D eigenvalue weighted by atomic mass is 16.3. The van der Waals surface area contributed by atoms with E-state index < -0.39 is 0 Å². The molecule has 1 rings (SSSR count). The molecule has 0 atom stereocenters. The summed E-state index contributed by atoms with van der Waals surface area (Å²) >= 11 is 0. The van der Waals surface area contributed by atoms with Crippen LogP contribution in [0.1, 0.15) is 12.8 Å². The van der Waals surface area contributed by atoms with Crippen molar-refractivity contribution < 1.29 is 9.90 Å². The lowest BCUT2D eigenvalue weighted by molar-refractivity contribution is -0.113. The Labute approximate surface area is 53.5 Å². The van der Waals surface area contributed by atoms with E-state index in [1.54, 1.807) is 12.2 Å². The first-order valence-electron chi connectivity index (χ1n) is 2.86. The molecule has 0 saturated carbocycles. The van der Waals surface area contributed by atoms with Gasteiger partial charge in [-0.25, -0.2) is 0 Å². The molecule has 2 heteroatoms. The van der Waals surface area contributed by atoms with Crippen molar-refractivity contribution in [2.75, 3.05) is 0 Å². The van der Waals surface area contributed by atoms with E-state index in [9.17, 15) is 4.79 Å². The molecule has 1 N–H and O–H groups in total. The van der Waals surface area contributed by atoms with Crippen molar-refractivity contribution in [3.63, 3.8) is 0 Å². The third-order valence-corrected chi connectivity index (χ3v) is 1.14. The molecule has 0 radical (unpaired) electrons. The molecule has 0 aromatic heterocycles. The number of aliphatic hydroxyl groups excluding tert-OH is 1. The number of hydrogen-bond acceptors (Lipinski definition) is 2. The summed E-state index contributed by atoms with van der Waals surface area (Å²) in [5, 5.41) is 8.85. The van der Waals surface area contributed by atoms with Gasteiger partial charge in [0, 0.05) is 18.9 Å². The summed E-state index contributed by atoms with van der Waals surface area (Å²) in [6.07, 6.45) is 5.74. The van der Waals surface area contributed by atoms with Crippen molar-refractivity contribution in [2.24, 2.45) is 0 Å². The molecule has 0 heterocycles. The highest BCUT2D eigenvalue weighted by Gasteiger charge is 2.00. The first kappa shape index (κ1) is 6.08. The van der Waals surface area contributed by atoms with E-state index in [1.165, 1.54) is 6.08 Å². The number of hydrogen-bond donors (Lipinski definition) is 1. The fraction of sp³-hybridized carbons (Fsp3) is 0.286. The molecule has 48 valence electrons. The maximum Gasteiger partial charge on any atom is 0.162 e. The standard InChI is InChI=1S/C7H8O2/c8-6-3-1-2-4-7(9)5-6/h1-2,5,8H,3-4H2. The Morgan fingerprint density at radius 3 is 2.78 bits per heavy atom. The largest absolute Gasteiger partial charge is 0.512 e. The molecule has 1 aliphatic carbocycles. The van der Waals surface area contributed by atoms with Crippen molar-refractivity contribution in [3.05, 3.63) is 24.0 Å². The molecular formula is C7H8O2. The van der Waals surface area contributed by atoms with Crippen LogP contribution in [0.25, 0.3) is 0 Å². The smallest absolute Gasteiger partial charge is 0.162 e. The van der Waals surface area contributed by atoms with E-state index in [1.807, 2.05) is 0 Å². The van der Waals surface area contributed by atoms with Gasteiger partial charge in [0.2, 0.25) is 0 Å². The normalized spacial score (nSPS) is 19.1. The Morgan fingerprint density at radius 2 is 2.00 bits per heavy atom. The average Bonchev–Trinajstić information content (AvgIpc) is 1.93. The van der Waals surface area contributed by atoms with E-state index in [4.69, 9.17) is 5.11 Å². The van der Waals surface area contributed by atoms with Gasteiger partial charge in [-0.2, -0.15) is 0 Å². The average molecular weight is 124 g/mol. The molecule has 2 nitrogen and oxygen atoms in total. The highest BCUT2D eigenvalue weighted by Crippen LogP contribution is 2.04. The van der Waals surface area contributed by atoms with Crippen LogP contribution in [0.5, 0.6) is 0 Å². The summed E-state index contributed by atoms with van der Waals surface area (Å²) in [6, 6.07) is 0. The van der Waals surface area contributed by atoms with Crippen LogP contribution >= 0.6 is 0 Å². The summed E-state index contributed by atoms with van der Waals surface area (Å²) in [6.45, 7) is 0. The maximum absolute atomic E-state index is 10.6. The molecule has 0 aliphatic heterocycles. The van der Waals surface area contributed by atoms with Crippen LogP contribution in [0.15, 0.2) is 24.0 Å². The van der Waals surface area contributed by atoms with Crippen molar-refractivity contribution in [1.82, 2.24) is 0 Å². The molecule has 0 aromatic carbocycles. The minimum Gasteiger partial charge on any atom is -0.512 e. The van der Waals surface area contributed by atoms with Gasteiger partial charge in [-0.05, 0) is 0 Å². The minimum atomic E-state index is -0.0266. The quantitative estimate of drug-likeness (QED) is 0.495. The van der Waals surface area contributed by atoms with Crippen molar-refractivity contribution in [1.29, 1.82) is 0 Å². The van der Waals surface area contributed by atoms with Crippen LogP contribution in [0.4, 0.5) is 0 Å². The third-order valence-electron chi connectivity index (χ3n) is 1.14. The van der Waals surface area contributed by atoms with Gasteiger partial charge in [0.25, 0.3) is 0 Å². The van der Waals surface area contributed by atoms with Gasteiger partial charge in [0.15, 0.2) is 5.78 Å². The SMILES string of the molecule is O=C1C=C(O)CC=CC1. The second-order valence-corrected chi connectivity index (χ2v) is 1.98. The number of aliphatic hydroxyl groups is 1. The first-order valence-corrected chi connectivity index (χ1v) is 2.86. The number of carbonyl (C=O) groups is 1. The van der Waals surface area contributed by atoms with Gasteiger partial charge in [0.05, 0.1) is 5.76 Å². The number of allylic oxidation sites excluding steroid dienone is 3. The van der Waals surface area contributed by atoms with Gasteiger partial charge in [-0.15, -0.1) is 0 Å². The predicted octanol–water partition coefficient (Wildman–Crippen LogP) is 1.35. The Morgan fingerprint density at radius 1 is 1.33 bits per heavy atom. The second kappa shape index (κ2) is 2.49. The van der Waals surface area contributed by atoms with Crippen LogP contribution in [-0.2, 0) is 4.79 Å². The minimum absolute atomic E-state index is 0.0266. The monoisotopic (exact) mass is 124 g/mol. The Bertz CT molecular complexity index is 177. The summed E-state index contributed by atoms with van der Waals surface area (Å²) in [7, 11) is 0. The second-order valence-electron chi connectivity index (χ2n) is 1.98. The zero-order chi connectivity index (χ0) is 6.69. The predicted molar refractivity (Wildman–Crippen MR) is 34.1 cm³/mol. The van der Waals surface area contributed by atoms with E-state index in [0.29, 0.717) is 12.8 Å². The van der Waals surface area contributed by atoms with E-state index in [0.717, 1.165) is 0 Å². The van der Waals surface area contributed by atoms with E-state index in [-0.39, 0.29) is 11.5 Å². The Hall–Kier alpha value is -1.05. The van der Waals surface area contributed by atoms with Crippen molar-refractivity contribution >= 4 is 5.78 Å². The van der Waals surface area contributed by atoms with Crippen LogP contribution in [0.2, 0.25) is 0 Å². The van der Waals surface area contributed by atoms with Crippen molar-refractivity contribution in [3.8, 4) is 0 Å². The summed E-state index contributed by atoms with van der Waals surface area (Å²) in [5.41, 5.74) is 0. The Balaban J connectivity index is 2.73. The number of ketones is 1. The lowest BCUT2D eigenvalue weighted by atomic mass is 10.3. The molecule has 9 heavy (non-hydrogen) atoms. The lowest BCUT2D eigenvalue weighted by Gasteiger charge is -1.87. The lowest BCUT2D eigenvalue weighted by Crippen LogP contribution is -1.88. The fourth-order valence-corrected chi connectivity index (χ4v) is 0.707. The third kappa shape index (κ3) is 1.72. The summed E-state index contributed by atoms with van der Waals surface area (Å²) in [5.74, 6) is 0.134. The fourth-order valence-electron chi connectivity index (χ4n) is 0.707. The number of carbonyl (C=O) groups excluding carboxylic acids is 1. The van der Waals surface area contributed by atoms with Gasteiger partial charge >= 0.3 is 0 Å². The molecule has 0 saturated heterocycles. The van der Waals surface area contributed by atoms with E-state index in [2.05, 4.69) is 0 Å². The van der Waals surface area contributed by atoms with Gasteiger partial charge in [-0.1, -0.05) is 12.2 Å². The summed E-state index contributed by atoms with van der Waals surface area (Å²) in [4.78, 5) is 10.6.